The SMILES string of the molecule is COc1ccc(C(=O)Cn2nnn(-c3cccs3)c2=O)cc1. The third kappa shape index (κ3) is 2.68. The molecule has 112 valence electrons. The summed E-state index contributed by atoms with van der Waals surface area (Å²) in [7, 11) is 1.55. The van der Waals surface area contributed by atoms with E-state index in [-0.39, 0.29) is 12.3 Å². The zero-order chi connectivity index (χ0) is 15.5. The number of benzene rings is 1. The molecule has 0 unspecified atom stereocenters. The van der Waals surface area contributed by atoms with Crippen molar-refractivity contribution in [3.05, 3.63) is 57.8 Å². The van der Waals surface area contributed by atoms with Crippen LogP contribution in [-0.2, 0) is 6.54 Å². The summed E-state index contributed by atoms with van der Waals surface area (Å²) < 4.78 is 7.26. The van der Waals surface area contributed by atoms with Crippen molar-refractivity contribution in [2.45, 2.75) is 6.54 Å². The van der Waals surface area contributed by atoms with Crippen molar-refractivity contribution in [2.75, 3.05) is 7.11 Å². The number of hydrogen-bond acceptors (Lipinski definition) is 6. The maximum Gasteiger partial charge on any atom is 0.369 e. The molecule has 3 aromatic rings. The van der Waals surface area contributed by atoms with E-state index >= 15 is 0 Å². The third-order valence-corrected chi connectivity index (χ3v) is 3.90. The summed E-state index contributed by atoms with van der Waals surface area (Å²) in [5.41, 5.74) is 0.0442. The minimum Gasteiger partial charge on any atom is -0.497 e. The van der Waals surface area contributed by atoms with Crippen molar-refractivity contribution in [1.29, 1.82) is 0 Å². The summed E-state index contributed by atoms with van der Waals surface area (Å²) in [6, 6.07) is 10.3. The van der Waals surface area contributed by atoms with Crippen LogP contribution in [0.5, 0.6) is 5.75 Å². The van der Waals surface area contributed by atoms with Crippen LogP contribution in [0.1, 0.15) is 10.4 Å². The minimum absolute atomic E-state index is 0.156. The molecule has 0 fully saturated rings. The first kappa shape index (κ1) is 14.2. The smallest absolute Gasteiger partial charge is 0.369 e. The molecule has 1 aromatic carbocycles. The Kier molecular flexibility index (Phi) is 3.84. The van der Waals surface area contributed by atoms with Gasteiger partial charge >= 0.3 is 5.69 Å². The van der Waals surface area contributed by atoms with Gasteiger partial charge in [-0.25, -0.2) is 4.79 Å². The van der Waals surface area contributed by atoms with Crippen molar-refractivity contribution in [2.24, 2.45) is 0 Å². The Bertz CT molecular complexity index is 834. The van der Waals surface area contributed by atoms with E-state index in [0.29, 0.717) is 16.3 Å². The molecule has 2 heterocycles. The molecule has 8 heteroatoms. The normalized spacial score (nSPS) is 10.6. The van der Waals surface area contributed by atoms with Crippen LogP contribution in [0.25, 0.3) is 5.00 Å². The van der Waals surface area contributed by atoms with E-state index in [1.165, 1.54) is 16.0 Å². The number of ketones is 1. The Labute approximate surface area is 129 Å². The predicted molar refractivity (Wildman–Crippen MR) is 80.8 cm³/mol. The lowest BCUT2D eigenvalue weighted by molar-refractivity contribution is 0.0965. The van der Waals surface area contributed by atoms with Crippen molar-refractivity contribution in [3.8, 4) is 10.8 Å². The Hall–Kier alpha value is -2.74. The molecule has 0 aliphatic heterocycles. The summed E-state index contributed by atoms with van der Waals surface area (Å²) in [5, 5.41) is 10.0. The van der Waals surface area contributed by atoms with Crippen molar-refractivity contribution >= 4 is 17.1 Å². The van der Waals surface area contributed by atoms with Crippen molar-refractivity contribution < 1.29 is 9.53 Å². The number of hydrogen-bond donors (Lipinski definition) is 0. The van der Waals surface area contributed by atoms with E-state index in [0.717, 1.165) is 4.68 Å². The van der Waals surface area contributed by atoms with Crippen LogP contribution in [0, 0.1) is 0 Å². The van der Waals surface area contributed by atoms with E-state index in [2.05, 4.69) is 10.4 Å². The van der Waals surface area contributed by atoms with E-state index in [1.807, 2.05) is 11.4 Å². The van der Waals surface area contributed by atoms with Crippen LogP contribution in [-0.4, -0.2) is 32.7 Å². The number of Topliss-reactive ketones (excluding diaryl/α,β-unsaturated/α-hetero) is 1. The predicted octanol–water partition coefficient (Wildman–Crippen LogP) is 1.38. The molecule has 0 spiro atoms. The molecule has 0 saturated heterocycles. The van der Waals surface area contributed by atoms with Gasteiger partial charge in [0.2, 0.25) is 0 Å². The summed E-state index contributed by atoms with van der Waals surface area (Å²) in [5.74, 6) is 0.445. The lowest BCUT2D eigenvalue weighted by Crippen LogP contribution is -2.27. The minimum atomic E-state index is -0.440. The molecular formula is C14H12N4O3S. The Balaban J connectivity index is 1.81. The molecule has 0 aliphatic rings. The first-order chi connectivity index (χ1) is 10.7. The molecule has 0 amide bonds. The fourth-order valence-electron chi connectivity index (χ4n) is 1.91. The van der Waals surface area contributed by atoms with Gasteiger partial charge in [0.1, 0.15) is 17.3 Å². The third-order valence-electron chi connectivity index (χ3n) is 3.06. The van der Waals surface area contributed by atoms with Crippen LogP contribution in [0.3, 0.4) is 0 Å². The quantitative estimate of drug-likeness (QED) is 0.665. The van der Waals surface area contributed by atoms with Crippen LogP contribution >= 0.6 is 11.3 Å². The van der Waals surface area contributed by atoms with Gasteiger partial charge in [-0.3, -0.25) is 4.79 Å². The summed E-state index contributed by atoms with van der Waals surface area (Å²) in [6.45, 7) is -0.156. The topological polar surface area (TPSA) is 79.0 Å². The summed E-state index contributed by atoms with van der Waals surface area (Å²) in [6.07, 6.45) is 0. The molecule has 22 heavy (non-hydrogen) atoms. The second-order valence-electron chi connectivity index (χ2n) is 4.43. The van der Waals surface area contributed by atoms with Gasteiger partial charge in [-0.15, -0.1) is 11.3 Å². The molecule has 2 aromatic heterocycles. The summed E-state index contributed by atoms with van der Waals surface area (Å²) in [4.78, 5) is 24.4. The molecule has 0 saturated carbocycles. The van der Waals surface area contributed by atoms with Crippen molar-refractivity contribution in [1.82, 2.24) is 19.8 Å². The highest BCUT2D eigenvalue weighted by Gasteiger charge is 2.14. The molecule has 0 radical (unpaired) electrons. The lowest BCUT2D eigenvalue weighted by atomic mass is 10.1. The number of methoxy groups -OCH3 is 1. The molecule has 0 bridgehead atoms. The first-order valence-corrected chi connectivity index (χ1v) is 7.31. The van der Waals surface area contributed by atoms with Gasteiger partial charge in [0, 0.05) is 5.56 Å². The van der Waals surface area contributed by atoms with Gasteiger partial charge in [0.05, 0.1) is 7.11 Å². The van der Waals surface area contributed by atoms with Crippen LogP contribution in [0.15, 0.2) is 46.6 Å². The molecular weight excluding hydrogens is 304 g/mol. The fraction of sp³-hybridized carbons (Fsp3) is 0.143. The highest BCUT2D eigenvalue weighted by Crippen LogP contribution is 2.12. The van der Waals surface area contributed by atoms with Gasteiger partial charge in [-0.05, 0) is 52.2 Å². The van der Waals surface area contributed by atoms with Crippen LogP contribution < -0.4 is 10.4 Å². The number of ether oxygens (including phenoxy) is 1. The number of rotatable bonds is 5. The van der Waals surface area contributed by atoms with Gasteiger partial charge in [-0.1, -0.05) is 0 Å². The molecule has 0 aliphatic carbocycles. The zero-order valence-corrected chi connectivity index (χ0v) is 12.5. The number of aromatic nitrogens is 4. The molecule has 0 atom stereocenters. The molecule has 0 N–H and O–H groups in total. The largest absolute Gasteiger partial charge is 0.497 e. The van der Waals surface area contributed by atoms with Crippen LogP contribution in [0.2, 0.25) is 0 Å². The number of carbonyl (C=O) groups excluding carboxylic acids is 1. The van der Waals surface area contributed by atoms with Gasteiger partial charge in [0.15, 0.2) is 5.78 Å². The average Bonchev–Trinajstić information content (AvgIpc) is 3.18. The second-order valence-corrected chi connectivity index (χ2v) is 5.36. The summed E-state index contributed by atoms with van der Waals surface area (Å²) >= 11 is 1.37. The second kappa shape index (κ2) is 5.94. The highest BCUT2D eigenvalue weighted by molar-refractivity contribution is 7.12. The Morgan fingerprint density at radius 3 is 2.64 bits per heavy atom. The number of thiophene rings is 1. The first-order valence-electron chi connectivity index (χ1n) is 6.43. The van der Waals surface area contributed by atoms with E-state index < -0.39 is 5.69 Å². The molecule has 3 rings (SSSR count). The van der Waals surface area contributed by atoms with E-state index in [1.54, 1.807) is 37.4 Å². The number of tetrazole rings is 1. The Morgan fingerprint density at radius 1 is 1.23 bits per heavy atom. The van der Waals surface area contributed by atoms with Crippen molar-refractivity contribution in [3.63, 3.8) is 0 Å². The van der Waals surface area contributed by atoms with Gasteiger partial charge in [0.25, 0.3) is 0 Å². The van der Waals surface area contributed by atoms with E-state index in [9.17, 15) is 9.59 Å². The lowest BCUT2D eigenvalue weighted by Gasteiger charge is -2.02. The standard InChI is InChI=1S/C14H12N4O3S/c1-21-11-6-4-10(5-7-11)12(19)9-17-14(20)18(16-15-17)13-3-2-8-22-13/h2-8H,9H2,1H3. The van der Waals surface area contributed by atoms with E-state index in [4.69, 9.17) is 4.74 Å². The van der Waals surface area contributed by atoms with Gasteiger partial charge in [-0.2, -0.15) is 9.36 Å². The van der Waals surface area contributed by atoms with Crippen LogP contribution in [0.4, 0.5) is 0 Å². The maximum atomic E-state index is 12.2. The fourth-order valence-corrected chi connectivity index (χ4v) is 2.57. The Morgan fingerprint density at radius 2 is 2.00 bits per heavy atom. The average molecular weight is 316 g/mol. The highest BCUT2D eigenvalue weighted by atomic mass is 32.1. The zero-order valence-electron chi connectivity index (χ0n) is 11.7. The monoisotopic (exact) mass is 316 g/mol. The molecule has 7 nitrogen and oxygen atoms in total. The number of carbonyl (C=O) groups is 1. The van der Waals surface area contributed by atoms with Gasteiger partial charge < -0.3 is 4.74 Å². The maximum absolute atomic E-state index is 12.2. The number of nitrogens with zero attached hydrogens (tertiary/aromatic N) is 4.